The number of ether oxygens (including phenoxy) is 1. The van der Waals surface area contributed by atoms with Crippen molar-refractivity contribution in [1.82, 2.24) is 0 Å². The standard InChI is InChI=1S/C16H15BrClNO/c17-13-6-7-14(12(10-13)11-18)19-8-3-9-20-16-5-2-1-4-15(16)19/h1-2,4-7,10H,3,8-9,11H2. The zero-order valence-corrected chi connectivity index (χ0v) is 13.3. The number of para-hydroxylation sites is 2. The molecule has 1 aliphatic heterocycles. The van der Waals surface area contributed by atoms with Gasteiger partial charge in [0.1, 0.15) is 5.75 Å². The van der Waals surface area contributed by atoms with Crippen LogP contribution in [0.3, 0.4) is 0 Å². The summed E-state index contributed by atoms with van der Waals surface area (Å²) in [5.74, 6) is 1.43. The van der Waals surface area contributed by atoms with Crippen molar-refractivity contribution in [2.45, 2.75) is 12.3 Å². The maximum Gasteiger partial charge on any atom is 0.142 e. The second-order valence-electron chi connectivity index (χ2n) is 4.73. The van der Waals surface area contributed by atoms with E-state index in [4.69, 9.17) is 16.3 Å². The van der Waals surface area contributed by atoms with Crippen LogP contribution in [-0.4, -0.2) is 13.2 Å². The first-order valence-corrected chi connectivity index (χ1v) is 7.96. The zero-order chi connectivity index (χ0) is 13.9. The molecule has 0 bridgehead atoms. The van der Waals surface area contributed by atoms with Gasteiger partial charge in [-0.05, 0) is 42.3 Å². The first-order chi connectivity index (χ1) is 9.79. The Bertz CT molecular complexity index is 617. The Kier molecular flexibility index (Phi) is 4.18. The van der Waals surface area contributed by atoms with E-state index in [2.05, 4.69) is 45.1 Å². The minimum Gasteiger partial charge on any atom is -0.491 e. The molecule has 0 radical (unpaired) electrons. The van der Waals surface area contributed by atoms with E-state index in [0.29, 0.717) is 5.88 Å². The van der Waals surface area contributed by atoms with Crippen LogP contribution in [0, 0.1) is 0 Å². The molecule has 20 heavy (non-hydrogen) atoms. The molecule has 0 spiro atoms. The molecule has 0 amide bonds. The Morgan fingerprint density at radius 3 is 2.85 bits per heavy atom. The summed E-state index contributed by atoms with van der Waals surface area (Å²) in [5, 5.41) is 0. The Morgan fingerprint density at radius 2 is 2.00 bits per heavy atom. The third kappa shape index (κ3) is 2.65. The molecule has 0 saturated carbocycles. The van der Waals surface area contributed by atoms with Gasteiger partial charge < -0.3 is 9.64 Å². The van der Waals surface area contributed by atoms with Crippen LogP contribution in [0.25, 0.3) is 0 Å². The van der Waals surface area contributed by atoms with Gasteiger partial charge in [-0.25, -0.2) is 0 Å². The number of halogens is 2. The highest BCUT2D eigenvalue weighted by molar-refractivity contribution is 9.10. The minimum atomic E-state index is 0.494. The van der Waals surface area contributed by atoms with E-state index in [1.165, 1.54) is 0 Å². The molecule has 1 heterocycles. The average Bonchev–Trinajstić information content (AvgIpc) is 2.69. The van der Waals surface area contributed by atoms with Gasteiger partial charge in [-0.2, -0.15) is 0 Å². The third-order valence-corrected chi connectivity index (χ3v) is 4.20. The highest BCUT2D eigenvalue weighted by Gasteiger charge is 2.19. The number of anilines is 2. The molecule has 0 N–H and O–H groups in total. The largest absolute Gasteiger partial charge is 0.491 e. The number of hydrogen-bond donors (Lipinski definition) is 0. The highest BCUT2D eigenvalue weighted by atomic mass is 79.9. The first kappa shape index (κ1) is 13.8. The van der Waals surface area contributed by atoms with Crippen LogP contribution in [-0.2, 0) is 5.88 Å². The predicted octanol–water partition coefficient (Wildman–Crippen LogP) is 5.11. The van der Waals surface area contributed by atoms with Crippen LogP contribution in [0.2, 0.25) is 0 Å². The second-order valence-corrected chi connectivity index (χ2v) is 5.91. The van der Waals surface area contributed by atoms with Gasteiger partial charge in [-0.15, -0.1) is 11.6 Å². The molecule has 1 aliphatic rings. The van der Waals surface area contributed by atoms with Crippen molar-refractivity contribution in [3.8, 4) is 5.75 Å². The van der Waals surface area contributed by atoms with Gasteiger partial charge in [-0.1, -0.05) is 28.1 Å². The van der Waals surface area contributed by atoms with Gasteiger partial charge in [0.25, 0.3) is 0 Å². The number of fused-ring (bicyclic) bond motifs is 1. The molecule has 0 saturated heterocycles. The summed E-state index contributed by atoms with van der Waals surface area (Å²) in [6.07, 6.45) is 0.993. The lowest BCUT2D eigenvalue weighted by molar-refractivity contribution is 0.322. The molecule has 2 aromatic carbocycles. The number of rotatable bonds is 2. The lowest BCUT2D eigenvalue weighted by Crippen LogP contribution is -2.18. The molecule has 2 aromatic rings. The van der Waals surface area contributed by atoms with E-state index in [0.717, 1.165) is 46.7 Å². The van der Waals surface area contributed by atoms with E-state index in [-0.39, 0.29) is 0 Å². The fraction of sp³-hybridized carbons (Fsp3) is 0.250. The topological polar surface area (TPSA) is 12.5 Å². The lowest BCUT2D eigenvalue weighted by Gasteiger charge is -2.26. The molecule has 0 aromatic heterocycles. The van der Waals surface area contributed by atoms with Crippen molar-refractivity contribution < 1.29 is 4.74 Å². The maximum atomic E-state index is 6.11. The number of hydrogen-bond acceptors (Lipinski definition) is 2. The highest BCUT2D eigenvalue weighted by Crippen LogP contribution is 2.38. The summed E-state index contributed by atoms with van der Waals surface area (Å²) in [6.45, 7) is 1.68. The zero-order valence-electron chi connectivity index (χ0n) is 11.0. The van der Waals surface area contributed by atoms with Crippen LogP contribution in [0.1, 0.15) is 12.0 Å². The second kappa shape index (κ2) is 6.06. The normalized spacial score (nSPS) is 14.4. The van der Waals surface area contributed by atoms with Crippen LogP contribution >= 0.6 is 27.5 Å². The Balaban J connectivity index is 2.10. The molecule has 2 nitrogen and oxygen atoms in total. The number of nitrogens with zero attached hydrogens (tertiary/aromatic N) is 1. The van der Waals surface area contributed by atoms with Gasteiger partial charge in [0.15, 0.2) is 0 Å². The first-order valence-electron chi connectivity index (χ1n) is 6.63. The summed E-state index contributed by atoms with van der Waals surface area (Å²) in [7, 11) is 0. The molecule has 0 fully saturated rings. The van der Waals surface area contributed by atoms with Gasteiger partial charge in [0.2, 0.25) is 0 Å². The van der Waals surface area contributed by atoms with Crippen LogP contribution in [0.4, 0.5) is 11.4 Å². The van der Waals surface area contributed by atoms with Crippen molar-refractivity contribution in [3.05, 3.63) is 52.5 Å². The van der Waals surface area contributed by atoms with Crippen molar-refractivity contribution in [2.24, 2.45) is 0 Å². The van der Waals surface area contributed by atoms with Gasteiger partial charge >= 0.3 is 0 Å². The summed E-state index contributed by atoms with van der Waals surface area (Å²) in [5.41, 5.74) is 3.39. The van der Waals surface area contributed by atoms with Gasteiger partial charge in [-0.3, -0.25) is 0 Å². The Labute approximate surface area is 132 Å². The van der Waals surface area contributed by atoms with E-state index < -0.39 is 0 Å². The lowest BCUT2D eigenvalue weighted by atomic mass is 10.1. The SMILES string of the molecule is ClCc1cc(Br)ccc1N1CCCOc2ccccc21. The third-order valence-electron chi connectivity index (χ3n) is 3.42. The number of benzene rings is 2. The molecule has 4 heteroatoms. The summed E-state index contributed by atoms with van der Waals surface area (Å²) < 4.78 is 6.87. The average molecular weight is 353 g/mol. The molecule has 0 atom stereocenters. The van der Waals surface area contributed by atoms with Crippen molar-refractivity contribution >= 4 is 38.9 Å². The van der Waals surface area contributed by atoms with Crippen molar-refractivity contribution in [1.29, 1.82) is 0 Å². The summed E-state index contributed by atoms with van der Waals surface area (Å²) in [6, 6.07) is 14.4. The monoisotopic (exact) mass is 351 g/mol. The quantitative estimate of drug-likeness (QED) is 0.697. The van der Waals surface area contributed by atoms with E-state index in [1.54, 1.807) is 0 Å². The van der Waals surface area contributed by atoms with Gasteiger partial charge in [0.05, 0.1) is 12.3 Å². The molecule has 104 valence electrons. The maximum absolute atomic E-state index is 6.11. The van der Waals surface area contributed by atoms with Crippen molar-refractivity contribution in [2.75, 3.05) is 18.1 Å². The number of alkyl halides is 1. The molecule has 0 aliphatic carbocycles. The molecular weight excluding hydrogens is 338 g/mol. The van der Waals surface area contributed by atoms with E-state index in [1.807, 2.05) is 18.2 Å². The molecule has 0 unspecified atom stereocenters. The smallest absolute Gasteiger partial charge is 0.142 e. The Morgan fingerprint density at radius 1 is 1.15 bits per heavy atom. The fourth-order valence-electron chi connectivity index (χ4n) is 2.50. The van der Waals surface area contributed by atoms with Crippen molar-refractivity contribution in [3.63, 3.8) is 0 Å². The minimum absolute atomic E-state index is 0.494. The Hall–Kier alpha value is -1.19. The van der Waals surface area contributed by atoms with Crippen LogP contribution < -0.4 is 9.64 Å². The summed E-state index contributed by atoms with van der Waals surface area (Å²) in [4.78, 5) is 2.30. The van der Waals surface area contributed by atoms with Gasteiger partial charge in [0, 0.05) is 22.6 Å². The van der Waals surface area contributed by atoms with E-state index in [9.17, 15) is 0 Å². The van der Waals surface area contributed by atoms with Crippen LogP contribution in [0.5, 0.6) is 5.75 Å². The predicted molar refractivity (Wildman–Crippen MR) is 87.3 cm³/mol. The molecule has 3 rings (SSSR count). The van der Waals surface area contributed by atoms with Crippen LogP contribution in [0.15, 0.2) is 46.9 Å². The molecular formula is C16H15BrClNO. The van der Waals surface area contributed by atoms with E-state index >= 15 is 0 Å². The summed E-state index contributed by atoms with van der Waals surface area (Å²) >= 11 is 9.62. The fourth-order valence-corrected chi connectivity index (χ4v) is 3.12.